The summed E-state index contributed by atoms with van der Waals surface area (Å²) in [6, 6.07) is 5.64. The number of anilines is 2. The van der Waals surface area contributed by atoms with Crippen LogP contribution in [-0.4, -0.2) is 51.5 Å². The zero-order chi connectivity index (χ0) is 31.8. The molecule has 0 aliphatic carbocycles. The maximum Gasteiger partial charge on any atom is 0.337 e. The molecule has 0 bridgehead atoms. The summed E-state index contributed by atoms with van der Waals surface area (Å²) in [6.45, 7) is 11.1. The van der Waals surface area contributed by atoms with Crippen LogP contribution in [0.3, 0.4) is 0 Å². The van der Waals surface area contributed by atoms with Crippen molar-refractivity contribution in [1.29, 1.82) is 0 Å². The molecule has 2 aliphatic rings. The van der Waals surface area contributed by atoms with Gasteiger partial charge in [-0.15, -0.1) is 0 Å². The molecule has 1 N–H and O–H groups in total. The van der Waals surface area contributed by atoms with E-state index >= 15 is 8.78 Å². The highest BCUT2D eigenvalue weighted by atomic mass is 32.2. The number of likely N-dealkylation sites (N-methyl/N-ethyl adjacent to an activating group) is 1. The number of sulfonamides is 1. The molecule has 0 fully saturated rings. The quantitative estimate of drug-likeness (QED) is 0.362. The van der Waals surface area contributed by atoms with Gasteiger partial charge in [-0.1, -0.05) is 6.07 Å². The SMILES string of the molecule is Cc1c(-c2ccc3c(c2C)N(C)CCO3)c([C@H](OC(C)(C)C)C(=O)O)c(C)c2c1-c1c(F)ccc(F)c1CN2S(C)(=O)=O. The highest BCUT2D eigenvalue weighted by Gasteiger charge is 2.40. The van der Waals surface area contributed by atoms with Gasteiger partial charge in [0.05, 0.1) is 36.3 Å². The molecule has 43 heavy (non-hydrogen) atoms. The van der Waals surface area contributed by atoms with E-state index in [2.05, 4.69) is 0 Å². The van der Waals surface area contributed by atoms with Crippen LogP contribution in [-0.2, 0) is 26.1 Å². The summed E-state index contributed by atoms with van der Waals surface area (Å²) in [5.41, 5.74) is 2.93. The third-order valence-corrected chi connectivity index (χ3v) is 9.22. The highest BCUT2D eigenvalue weighted by Crippen LogP contribution is 2.53. The van der Waals surface area contributed by atoms with Crippen molar-refractivity contribution in [2.45, 2.75) is 59.8 Å². The Kier molecular flexibility index (Phi) is 7.50. The molecular formula is C32H36F2N2O6S. The maximum absolute atomic E-state index is 15.7. The Hall–Kier alpha value is -3.70. The largest absolute Gasteiger partial charge is 0.490 e. The number of carboxylic acids is 1. The predicted octanol–water partition coefficient (Wildman–Crippen LogP) is 6.27. The fourth-order valence-corrected chi connectivity index (χ4v) is 7.28. The van der Waals surface area contributed by atoms with Gasteiger partial charge < -0.3 is 19.5 Å². The summed E-state index contributed by atoms with van der Waals surface area (Å²) in [5.74, 6) is -2.04. The normalized spacial score (nSPS) is 15.4. The zero-order valence-electron chi connectivity index (χ0n) is 25.6. The molecule has 0 amide bonds. The Morgan fingerprint density at radius 1 is 0.977 bits per heavy atom. The zero-order valence-corrected chi connectivity index (χ0v) is 26.4. The van der Waals surface area contributed by atoms with Crippen LogP contribution in [0.15, 0.2) is 24.3 Å². The molecule has 3 aromatic rings. The number of carboxylic acid groups (broad SMARTS) is 1. The number of hydrogen-bond donors (Lipinski definition) is 1. The number of aliphatic carboxylic acids is 1. The molecule has 2 heterocycles. The molecule has 0 spiro atoms. The van der Waals surface area contributed by atoms with E-state index in [1.165, 1.54) is 0 Å². The average molecular weight is 615 g/mol. The fourth-order valence-electron chi connectivity index (χ4n) is 6.35. The Balaban J connectivity index is 2.01. The van der Waals surface area contributed by atoms with Gasteiger partial charge in [0, 0.05) is 29.3 Å². The van der Waals surface area contributed by atoms with Crippen LogP contribution < -0.4 is 13.9 Å². The van der Waals surface area contributed by atoms with Crippen LogP contribution >= 0.6 is 0 Å². The number of hydrogen-bond acceptors (Lipinski definition) is 6. The van der Waals surface area contributed by atoms with E-state index in [0.29, 0.717) is 35.6 Å². The van der Waals surface area contributed by atoms with Gasteiger partial charge in [-0.05, 0) is 87.6 Å². The van der Waals surface area contributed by atoms with E-state index in [1.807, 2.05) is 31.0 Å². The third kappa shape index (κ3) is 5.12. The van der Waals surface area contributed by atoms with E-state index in [9.17, 15) is 18.3 Å². The Labute approximate surface area is 250 Å². The second-order valence-electron chi connectivity index (χ2n) is 12.2. The van der Waals surface area contributed by atoms with Gasteiger partial charge in [-0.2, -0.15) is 0 Å². The molecule has 8 nitrogen and oxygen atoms in total. The molecule has 0 unspecified atom stereocenters. The lowest BCUT2D eigenvalue weighted by atomic mass is 9.79. The first-order valence-corrected chi connectivity index (χ1v) is 15.8. The van der Waals surface area contributed by atoms with Crippen molar-refractivity contribution in [2.75, 3.05) is 35.7 Å². The molecule has 0 radical (unpaired) electrons. The topological polar surface area (TPSA) is 96.4 Å². The van der Waals surface area contributed by atoms with Crippen LogP contribution in [0.4, 0.5) is 20.2 Å². The first-order valence-electron chi connectivity index (χ1n) is 13.9. The fraction of sp³-hybridized carbons (Fsp3) is 0.406. The number of ether oxygens (including phenoxy) is 2. The summed E-state index contributed by atoms with van der Waals surface area (Å²) >= 11 is 0. The van der Waals surface area contributed by atoms with Crippen molar-refractivity contribution in [3.05, 3.63) is 63.7 Å². The summed E-state index contributed by atoms with van der Waals surface area (Å²) in [7, 11) is -2.09. The minimum atomic E-state index is -4.02. The average Bonchev–Trinajstić information content (AvgIpc) is 2.90. The van der Waals surface area contributed by atoms with Gasteiger partial charge in [0.25, 0.3) is 0 Å². The van der Waals surface area contributed by atoms with E-state index in [-0.39, 0.29) is 33.5 Å². The van der Waals surface area contributed by atoms with Gasteiger partial charge in [-0.3, -0.25) is 4.31 Å². The summed E-state index contributed by atoms with van der Waals surface area (Å²) in [6.07, 6.45) is -0.519. The number of halogens is 2. The molecule has 5 rings (SSSR count). The predicted molar refractivity (Wildman–Crippen MR) is 162 cm³/mol. The van der Waals surface area contributed by atoms with E-state index < -0.39 is 45.9 Å². The van der Waals surface area contributed by atoms with Crippen molar-refractivity contribution in [1.82, 2.24) is 0 Å². The number of carbonyl (C=O) groups is 1. The minimum absolute atomic E-state index is 0.0389. The second kappa shape index (κ2) is 10.5. The summed E-state index contributed by atoms with van der Waals surface area (Å²) in [5, 5.41) is 10.6. The second-order valence-corrected chi connectivity index (χ2v) is 14.1. The lowest BCUT2D eigenvalue weighted by Gasteiger charge is -2.38. The molecule has 230 valence electrons. The van der Waals surface area contributed by atoms with Crippen LogP contribution in [0.25, 0.3) is 22.3 Å². The smallest absolute Gasteiger partial charge is 0.337 e. The lowest BCUT2D eigenvalue weighted by Crippen LogP contribution is -2.35. The Bertz CT molecular complexity index is 1780. The first kappa shape index (κ1) is 30.7. The molecule has 3 aromatic carbocycles. The van der Waals surface area contributed by atoms with Gasteiger partial charge in [0.1, 0.15) is 24.0 Å². The van der Waals surface area contributed by atoms with Gasteiger partial charge >= 0.3 is 5.97 Å². The van der Waals surface area contributed by atoms with Crippen molar-refractivity contribution < 1.29 is 36.6 Å². The minimum Gasteiger partial charge on any atom is -0.490 e. The van der Waals surface area contributed by atoms with E-state index in [1.54, 1.807) is 34.6 Å². The monoisotopic (exact) mass is 614 g/mol. The van der Waals surface area contributed by atoms with Gasteiger partial charge in [0.2, 0.25) is 10.0 Å². The van der Waals surface area contributed by atoms with Crippen molar-refractivity contribution in [3.8, 4) is 28.0 Å². The Morgan fingerprint density at radius 3 is 2.23 bits per heavy atom. The maximum atomic E-state index is 15.7. The van der Waals surface area contributed by atoms with Crippen molar-refractivity contribution >= 4 is 27.4 Å². The van der Waals surface area contributed by atoms with Crippen LogP contribution in [0.2, 0.25) is 0 Å². The van der Waals surface area contributed by atoms with Crippen molar-refractivity contribution in [2.24, 2.45) is 0 Å². The van der Waals surface area contributed by atoms with Crippen molar-refractivity contribution in [3.63, 3.8) is 0 Å². The third-order valence-electron chi connectivity index (χ3n) is 8.11. The van der Waals surface area contributed by atoms with Crippen LogP contribution in [0.1, 0.15) is 54.7 Å². The van der Waals surface area contributed by atoms with E-state index in [4.69, 9.17) is 9.47 Å². The molecular weight excluding hydrogens is 578 g/mol. The van der Waals surface area contributed by atoms with E-state index in [0.717, 1.165) is 33.9 Å². The molecule has 0 aromatic heterocycles. The molecule has 1 atom stereocenters. The van der Waals surface area contributed by atoms with Gasteiger partial charge in [-0.25, -0.2) is 22.0 Å². The summed E-state index contributed by atoms with van der Waals surface area (Å²) < 4.78 is 70.4. The lowest BCUT2D eigenvalue weighted by molar-refractivity contribution is -0.160. The highest BCUT2D eigenvalue weighted by molar-refractivity contribution is 7.92. The number of benzene rings is 3. The number of rotatable bonds is 5. The summed E-state index contributed by atoms with van der Waals surface area (Å²) in [4.78, 5) is 15.0. The van der Waals surface area contributed by atoms with Crippen LogP contribution in [0.5, 0.6) is 5.75 Å². The molecule has 0 saturated carbocycles. The molecule has 2 aliphatic heterocycles. The molecule has 11 heteroatoms. The van der Waals surface area contributed by atoms with Gasteiger partial charge in [0.15, 0.2) is 6.10 Å². The number of fused-ring (bicyclic) bond motifs is 4. The standard InChI is InChI=1S/C32H36F2N2O6S/c1-16-19(9-12-23-28(16)35(7)13-14-41-23)24-17(2)25-27-20(21(33)10-11-22(27)34)15-36(43(8,39)40)29(25)18(3)26(24)30(31(37)38)42-32(4,5)6/h9-12,30H,13-15H2,1-8H3,(H,37,38)/t30-/m0/s1. The Morgan fingerprint density at radius 2 is 1.63 bits per heavy atom. The molecule has 0 saturated heterocycles. The first-order chi connectivity index (χ1) is 19.9. The van der Waals surface area contributed by atoms with Crippen LogP contribution in [0, 0.1) is 32.4 Å². The number of nitrogens with zero attached hydrogens (tertiary/aromatic N) is 2.